The van der Waals surface area contributed by atoms with Crippen LogP contribution in [0.5, 0.6) is 11.5 Å². The number of halogens is 4. The topological polar surface area (TPSA) is 86.5 Å². The predicted molar refractivity (Wildman–Crippen MR) is 89.0 cm³/mol. The highest BCUT2D eigenvalue weighted by atomic mass is 35.5. The number of rotatable bonds is 5. The molecule has 0 saturated heterocycles. The maximum absolute atomic E-state index is 13.0. The van der Waals surface area contributed by atoms with Gasteiger partial charge in [-0.05, 0) is 42.0 Å². The monoisotopic (exact) mass is 407 g/mol. The van der Waals surface area contributed by atoms with E-state index in [4.69, 9.17) is 22.1 Å². The van der Waals surface area contributed by atoms with Gasteiger partial charge in [-0.2, -0.15) is 13.2 Å². The molecular weight excluding hydrogens is 395 g/mol. The highest BCUT2D eigenvalue weighted by Gasteiger charge is 2.31. The zero-order chi connectivity index (χ0) is 19.7. The lowest BCUT2D eigenvalue weighted by Gasteiger charge is -2.13. The van der Waals surface area contributed by atoms with Gasteiger partial charge in [0, 0.05) is 6.26 Å². The molecule has 0 radical (unpaired) electrons. The summed E-state index contributed by atoms with van der Waals surface area (Å²) in [5, 5.41) is -0.0956. The average Bonchev–Trinajstić information content (AvgIpc) is 2.46. The molecule has 26 heavy (non-hydrogen) atoms. The SMILES string of the molecule is CS(=O)(=O)c1ccc(Oc2cc(CC(N)=O)cc(C(F)(F)F)c2)c(Cl)c1. The highest BCUT2D eigenvalue weighted by molar-refractivity contribution is 7.90. The number of alkyl halides is 3. The van der Waals surface area contributed by atoms with Crippen molar-refractivity contribution in [3.63, 3.8) is 0 Å². The van der Waals surface area contributed by atoms with Crippen LogP contribution >= 0.6 is 11.6 Å². The first-order valence-electron chi connectivity index (χ1n) is 7.03. The van der Waals surface area contributed by atoms with Gasteiger partial charge in [0.1, 0.15) is 11.5 Å². The van der Waals surface area contributed by atoms with Crippen molar-refractivity contribution in [2.75, 3.05) is 6.26 Å². The quantitative estimate of drug-likeness (QED) is 0.820. The van der Waals surface area contributed by atoms with E-state index in [-0.39, 0.29) is 27.0 Å². The maximum Gasteiger partial charge on any atom is 0.416 e. The summed E-state index contributed by atoms with van der Waals surface area (Å²) in [6.07, 6.45) is -4.07. The molecule has 0 aromatic heterocycles. The number of carbonyl (C=O) groups is 1. The predicted octanol–water partition coefficient (Wildman–Crippen LogP) is 3.58. The van der Waals surface area contributed by atoms with Crippen LogP contribution in [-0.2, 0) is 27.2 Å². The first-order valence-corrected chi connectivity index (χ1v) is 9.30. The van der Waals surface area contributed by atoms with Crippen LogP contribution in [-0.4, -0.2) is 20.6 Å². The third-order valence-electron chi connectivity index (χ3n) is 3.23. The Bertz CT molecular complexity index is 958. The van der Waals surface area contributed by atoms with Gasteiger partial charge in [0.05, 0.1) is 21.9 Å². The molecule has 0 aliphatic rings. The van der Waals surface area contributed by atoms with E-state index in [1.165, 1.54) is 18.2 Å². The summed E-state index contributed by atoms with van der Waals surface area (Å²) in [6.45, 7) is 0. The molecule has 2 aromatic carbocycles. The summed E-state index contributed by atoms with van der Waals surface area (Å²) in [5.41, 5.74) is 4.03. The average molecular weight is 408 g/mol. The molecule has 0 atom stereocenters. The lowest BCUT2D eigenvalue weighted by atomic mass is 10.1. The minimum Gasteiger partial charge on any atom is -0.456 e. The van der Waals surface area contributed by atoms with E-state index in [0.29, 0.717) is 0 Å². The van der Waals surface area contributed by atoms with Crippen molar-refractivity contribution in [3.05, 3.63) is 52.5 Å². The van der Waals surface area contributed by atoms with Crippen molar-refractivity contribution < 1.29 is 31.1 Å². The number of benzene rings is 2. The minimum absolute atomic E-state index is 0.0196. The second-order valence-electron chi connectivity index (χ2n) is 5.47. The Hall–Kier alpha value is -2.26. The van der Waals surface area contributed by atoms with E-state index in [9.17, 15) is 26.4 Å². The third kappa shape index (κ3) is 5.12. The Morgan fingerprint density at radius 3 is 2.35 bits per heavy atom. The second kappa shape index (κ2) is 7.16. The van der Waals surface area contributed by atoms with E-state index in [1.54, 1.807) is 0 Å². The summed E-state index contributed by atoms with van der Waals surface area (Å²) in [6, 6.07) is 6.34. The Kier molecular flexibility index (Phi) is 5.52. The summed E-state index contributed by atoms with van der Waals surface area (Å²) in [7, 11) is -3.50. The molecule has 0 aliphatic heterocycles. The molecule has 0 saturated carbocycles. The van der Waals surface area contributed by atoms with E-state index >= 15 is 0 Å². The molecular formula is C16H13ClF3NO4S. The number of ether oxygens (including phenoxy) is 1. The van der Waals surface area contributed by atoms with Crippen molar-refractivity contribution >= 4 is 27.3 Å². The summed E-state index contributed by atoms with van der Waals surface area (Å²) in [5.74, 6) is -1.06. The molecule has 0 unspecified atom stereocenters. The van der Waals surface area contributed by atoms with Gasteiger partial charge >= 0.3 is 6.18 Å². The first-order chi connectivity index (χ1) is 11.9. The van der Waals surface area contributed by atoms with Crippen molar-refractivity contribution in [3.8, 4) is 11.5 Å². The number of carbonyl (C=O) groups excluding carboxylic acids is 1. The number of hydrogen-bond donors (Lipinski definition) is 1. The van der Waals surface area contributed by atoms with Crippen LogP contribution in [0.1, 0.15) is 11.1 Å². The molecule has 5 nitrogen and oxygen atoms in total. The van der Waals surface area contributed by atoms with Gasteiger partial charge in [0.2, 0.25) is 5.91 Å². The van der Waals surface area contributed by atoms with Gasteiger partial charge in [-0.15, -0.1) is 0 Å². The lowest BCUT2D eigenvalue weighted by molar-refractivity contribution is -0.137. The fraction of sp³-hybridized carbons (Fsp3) is 0.188. The standard InChI is InChI=1S/C16H13ClF3NO4S/c1-26(23,24)12-2-3-14(13(17)8-12)25-11-5-9(6-15(21)22)4-10(7-11)16(18,19)20/h2-5,7-8H,6H2,1H3,(H2,21,22). The molecule has 0 heterocycles. The first kappa shape index (κ1) is 20.1. The van der Waals surface area contributed by atoms with Gasteiger partial charge < -0.3 is 10.5 Å². The van der Waals surface area contributed by atoms with Crippen LogP contribution in [0.4, 0.5) is 13.2 Å². The van der Waals surface area contributed by atoms with Crippen LogP contribution in [0.25, 0.3) is 0 Å². The molecule has 0 fully saturated rings. The number of amides is 1. The van der Waals surface area contributed by atoms with E-state index < -0.39 is 33.9 Å². The van der Waals surface area contributed by atoms with E-state index in [1.807, 2.05) is 0 Å². The highest BCUT2D eigenvalue weighted by Crippen LogP contribution is 2.36. The number of sulfone groups is 1. The van der Waals surface area contributed by atoms with Crippen molar-refractivity contribution in [2.24, 2.45) is 5.73 Å². The zero-order valence-corrected chi connectivity index (χ0v) is 14.9. The van der Waals surface area contributed by atoms with Crippen LogP contribution in [0.2, 0.25) is 5.02 Å². The molecule has 0 bridgehead atoms. The van der Waals surface area contributed by atoms with Gasteiger partial charge in [0.15, 0.2) is 9.84 Å². The Balaban J connectivity index is 2.44. The van der Waals surface area contributed by atoms with Gasteiger partial charge in [-0.3, -0.25) is 4.79 Å². The maximum atomic E-state index is 13.0. The summed E-state index contributed by atoms with van der Waals surface area (Å²) < 4.78 is 67.4. The molecule has 140 valence electrons. The smallest absolute Gasteiger partial charge is 0.416 e. The Labute approximate surface area is 152 Å². The van der Waals surface area contributed by atoms with Crippen LogP contribution in [0, 0.1) is 0 Å². The summed E-state index contributed by atoms with van der Waals surface area (Å²) >= 11 is 5.95. The largest absolute Gasteiger partial charge is 0.456 e. The van der Waals surface area contributed by atoms with Gasteiger partial charge in [-0.25, -0.2) is 8.42 Å². The minimum atomic E-state index is -4.66. The van der Waals surface area contributed by atoms with E-state index in [0.717, 1.165) is 24.5 Å². The van der Waals surface area contributed by atoms with Crippen molar-refractivity contribution in [2.45, 2.75) is 17.5 Å². The van der Waals surface area contributed by atoms with E-state index in [2.05, 4.69) is 0 Å². The number of nitrogens with two attached hydrogens (primary N) is 1. The second-order valence-corrected chi connectivity index (χ2v) is 7.90. The summed E-state index contributed by atoms with van der Waals surface area (Å²) in [4.78, 5) is 10.9. The fourth-order valence-electron chi connectivity index (χ4n) is 2.11. The fourth-order valence-corrected chi connectivity index (χ4v) is 3.04. The van der Waals surface area contributed by atoms with Crippen molar-refractivity contribution in [1.82, 2.24) is 0 Å². The molecule has 2 aromatic rings. The Morgan fingerprint density at radius 2 is 1.85 bits per heavy atom. The van der Waals surface area contributed by atoms with Crippen LogP contribution < -0.4 is 10.5 Å². The normalized spacial score (nSPS) is 12.0. The van der Waals surface area contributed by atoms with Crippen LogP contribution in [0.15, 0.2) is 41.3 Å². The van der Waals surface area contributed by atoms with Crippen LogP contribution in [0.3, 0.4) is 0 Å². The molecule has 2 N–H and O–H groups in total. The number of primary amides is 1. The Morgan fingerprint density at radius 1 is 1.19 bits per heavy atom. The molecule has 0 aliphatic carbocycles. The molecule has 10 heteroatoms. The zero-order valence-electron chi connectivity index (χ0n) is 13.3. The third-order valence-corrected chi connectivity index (χ3v) is 4.64. The molecule has 2 rings (SSSR count). The van der Waals surface area contributed by atoms with Gasteiger partial charge in [0.25, 0.3) is 0 Å². The molecule has 1 amide bonds. The van der Waals surface area contributed by atoms with Gasteiger partial charge in [-0.1, -0.05) is 11.6 Å². The lowest BCUT2D eigenvalue weighted by Crippen LogP contribution is -2.14. The van der Waals surface area contributed by atoms with Crippen molar-refractivity contribution in [1.29, 1.82) is 0 Å². The number of hydrogen-bond acceptors (Lipinski definition) is 4. The molecule has 0 spiro atoms.